The maximum atomic E-state index is 13.9. The first-order valence-corrected chi connectivity index (χ1v) is 10.8. The molecule has 0 unspecified atom stereocenters. The Labute approximate surface area is 188 Å². The van der Waals surface area contributed by atoms with Crippen molar-refractivity contribution in [1.82, 2.24) is 4.98 Å². The Balaban J connectivity index is 1.52. The predicted molar refractivity (Wildman–Crippen MR) is 124 cm³/mol. The van der Waals surface area contributed by atoms with Crippen molar-refractivity contribution >= 4 is 44.2 Å². The van der Waals surface area contributed by atoms with Gasteiger partial charge in [0.05, 0.1) is 22.4 Å². The molecule has 0 saturated carbocycles. The fourth-order valence-corrected chi connectivity index (χ4v) is 4.01. The van der Waals surface area contributed by atoms with Gasteiger partial charge in [0.2, 0.25) is 0 Å². The normalized spacial score (nSPS) is 10.7. The second-order valence-electron chi connectivity index (χ2n) is 7.00. The molecule has 1 heterocycles. The van der Waals surface area contributed by atoms with Crippen molar-refractivity contribution in [2.24, 2.45) is 0 Å². The minimum absolute atomic E-state index is 0.0670. The molecule has 2 amide bonds. The van der Waals surface area contributed by atoms with Gasteiger partial charge in [-0.15, -0.1) is 0 Å². The number of rotatable bonds is 6. The quantitative estimate of drug-likeness (QED) is 0.399. The molecule has 4 aromatic rings. The summed E-state index contributed by atoms with van der Waals surface area (Å²) in [5.41, 5.74) is 2.21. The first-order valence-electron chi connectivity index (χ1n) is 9.96. The molecular weight excluding hydrogens is 429 g/mol. The molecule has 0 fully saturated rings. The number of anilines is 2. The van der Waals surface area contributed by atoms with Crippen LogP contribution in [0.3, 0.4) is 0 Å². The molecular formula is C24H20FN3O3S. The second kappa shape index (κ2) is 9.15. The number of ether oxygens (including phenoxy) is 1. The first-order chi connectivity index (χ1) is 15.4. The molecule has 0 radical (unpaired) electrons. The maximum Gasteiger partial charge on any atom is 0.258 e. The number of carbonyl (C=O) groups is 2. The van der Waals surface area contributed by atoms with Crippen molar-refractivity contribution in [2.45, 2.75) is 13.8 Å². The largest absolute Gasteiger partial charge is 0.494 e. The van der Waals surface area contributed by atoms with E-state index in [4.69, 9.17) is 4.74 Å². The summed E-state index contributed by atoms with van der Waals surface area (Å²) in [6, 6.07) is 16.2. The lowest BCUT2D eigenvalue weighted by Gasteiger charge is -2.11. The molecule has 1 aromatic heterocycles. The maximum absolute atomic E-state index is 13.9. The Morgan fingerprint density at radius 1 is 1.03 bits per heavy atom. The summed E-state index contributed by atoms with van der Waals surface area (Å²) in [5.74, 6) is -0.814. The molecule has 8 heteroatoms. The third-order valence-corrected chi connectivity index (χ3v) is 5.69. The molecule has 0 spiro atoms. The van der Waals surface area contributed by atoms with Gasteiger partial charge in [-0.1, -0.05) is 29.5 Å². The lowest BCUT2D eigenvalue weighted by molar-refractivity contribution is 0.101. The van der Waals surface area contributed by atoms with Crippen molar-refractivity contribution in [3.05, 3.63) is 83.2 Å². The monoisotopic (exact) mass is 449 g/mol. The van der Waals surface area contributed by atoms with Gasteiger partial charge in [-0.3, -0.25) is 14.9 Å². The van der Waals surface area contributed by atoms with Gasteiger partial charge in [-0.25, -0.2) is 9.37 Å². The van der Waals surface area contributed by atoms with E-state index >= 15 is 0 Å². The van der Waals surface area contributed by atoms with Crippen molar-refractivity contribution in [2.75, 3.05) is 17.2 Å². The number of halogens is 1. The van der Waals surface area contributed by atoms with Gasteiger partial charge < -0.3 is 10.1 Å². The topological polar surface area (TPSA) is 80.3 Å². The third-order valence-electron chi connectivity index (χ3n) is 4.76. The Morgan fingerprint density at radius 3 is 2.62 bits per heavy atom. The van der Waals surface area contributed by atoms with Crippen molar-refractivity contribution in [3.8, 4) is 5.75 Å². The molecule has 0 aliphatic rings. The summed E-state index contributed by atoms with van der Waals surface area (Å²) in [6.45, 7) is 4.27. The van der Waals surface area contributed by atoms with Crippen LogP contribution in [-0.4, -0.2) is 23.4 Å². The van der Waals surface area contributed by atoms with Crippen LogP contribution >= 0.6 is 11.3 Å². The van der Waals surface area contributed by atoms with Crippen LogP contribution < -0.4 is 15.4 Å². The third kappa shape index (κ3) is 4.60. The second-order valence-corrected chi connectivity index (χ2v) is 8.03. The van der Waals surface area contributed by atoms with Gasteiger partial charge in [0, 0.05) is 11.3 Å². The van der Waals surface area contributed by atoms with Crippen LogP contribution in [0.25, 0.3) is 10.2 Å². The number of amides is 2. The lowest BCUT2D eigenvalue weighted by atomic mass is 10.1. The van der Waals surface area contributed by atoms with Gasteiger partial charge in [0.25, 0.3) is 11.8 Å². The highest BCUT2D eigenvalue weighted by atomic mass is 32.1. The van der Waals surface area contributed by atoms with E-state index in [1.165, 1.54) is 29.5 Å². The molecule has 162 valence electrons. The smallest absolute Gasteiger partial charge is 0.258 e. The number of thiazole rings is 1. The van der Waals surface area contributed by atoms with Crippen molar-refractivity contribution in [3.63, 3.8) is 0 Å². The van der Waals surface area contributed by atoms with E-state index in [-0.39, 0.29) is 11.5 Å². The zero-order valence-corrected chi connectivity index (χ0v) is 18.3. The highest BCUT2D eigenvalue weighted by Gasteiger charge is 2.15. The van der Waals surface area contributed by atoms with E-state index < -0.39 is 11.7 Å². The van der Waals surface area contributed by atoms with E-state index in [0.717, 1.165) is 21.5 Å². The summed E-state index contributed by atoms with van der Waals surface area (Å²) in [4.78, 5) is 29.7. The molecule has 0 bridgehead atoms. The number of carbonyl (C=O) groups excluding carboxylic acids is 2. The lowest BCUT2D eigenvalue weighted by Crippen LogP contribution is -2.16. The van der Waals surface area contributed by atoms with Crippen LogP contribution in [-0.2, 0) is 0 Å². The van der Waals surface area contributed by atoms with Crippen LogP contribution in [0.5, 0.6) is 5.75 Å². The Hall–Kier alpha value is -3.78. The summed E-state index contributed by atoms with van der Waals surface area (Å²) >= 11 is 1.34. The van der Waals surface area contributed by atoms with Crippen LogP contribution in [0.4, 0.5) is 15.2 Å². The minimum atomic E-state index is -0.611. The zero-order chi connectivity index (χ0) is 22.7. The number of benzene rings is 3. The summed E-state index contributed by atoms with van der Waals surface area (Å²) < 4.78 is 20.3. The van der Waals surface area contributed by atoms with E-state index in [9.17, 15) is 14.0 Å². The van der Waals surface area contributed by atoms with Crippen LogP contribution in [0.15, 0.2) is 60.7 Å². The zero-order valence-electron chi connectivity index (χ0n) is 17.4. The van der Waals surface area contributed by atoms with Crippen LogP contribution in [0.2, 0.25) is 0 Å². The predicted octanol–water partition coefficient (Wildman–Crippen LogP) is 5.65. The summed E-state index contributed by atoms with van der Waals surface area (Å²) in [5, 5.41) is 5.93. The van der Waals surface area contributed by atoms with Crippen molar-refractivity contribution < 1.29 is 18.7 Å². The molecule has 32 heavy (non-hydrogen) atoms. The number of hydrogen-bond donors (Lipinski definition) is 2. The molecule has 0 atom stereocenters. The molecule has 6 nitrogen and oxygen atoms in total. The van der Waals surface area contributed by atoms with Crippen LogP contribution in [0.1, 0.15) is 33.2 Å². The minimum Gasteiger partial charge on any atom is -0.494 e. The molecule has 3 aromatic carbocycles. The van der Waals surface area contributed by atoms with E-state index in [1.807, 2.05) is 25.1 Å². The van der Waals surface area contributed by atoms with E-state index in [2.05, 4.69) is 15.6 Å². The number of aryl methyl sites for hydroxylation is 1. The van der Waals surface area contributed by atoms with Gasteiger partial charge in [0.1, 0.15) is 11.6 Å². The number of fused-ring (bicyclic) bond motifs is 1. The number of nitrogens with zero attached hydrogens (tertiary/aromatic N) is 1. The average molecular weight is 450 g/mol. The summed E-state index contributed by atoms with van der Waals surface area (Å²) in [7, 11) is 0. The molecule has 0 aliphatic heterocycles. The van der Waals surface area contributed by atoms with E-state index in [1.54, 1.807) is 31.2 Å². The fraction of sp³-hybridized carbons (Fsp3) is 0.125. The Morgan fingerprint density at radius 2 is 1.84 bits per heavy atom. The van der Waals surface area contributed by atoms with Gasteiger partial charge in [-0.2, -0.15) is 0 Å². The van der Waals surface area contributed by atoms with Gasteiger partial charge in [0.15, 0.2) is 5.13 Å². The van der Waals surface area contributed by atoms with Gasteiger partial charge in [-0.05, 0) is 61.9 Å². The molecule has 2 N–H and O–H groups in total. The molecule has 4 rings (SSSR count). The number of aromatic nitrogens is 1. The number of nitrogens with one attached hydrogen (secondary N) is 2. The average Bonchev–Trinajstić information content (AvgIpc) is 3.17. The van der Waals surface area contributed by atoms with Crippen LogP contribution in [0, 0.1) is 12.7 Å². The SMILES string of the molecule is CCOc1ccc2nc(NC(=O)c3ccc(C)c(NC(=O)c4ccccc4F)c3)sc2c1. The highest BCUT2D eigenvalue weighted by molar-refractivity contribution is 7.22. The first kappa shape index (κ1) is 21.5. The van der Waals surface area contributed by atoms with Gasteiger partial charge >= 0.3 is 0 Å². The number of hydrogen-bond acceptors (Lipinski definition) is 5. The Kier molecular flexibility index (Phi) is 6.13. The van der Waals surface area contributed by atoms with E-state index in [0.29, 0.717) is 23.0 Å². The standard InChI is InChI=1S/C24H20FN3O3S/c1-3-31-16-10-11-19-21(13-16)32-24(27-19)28-22(29)15-9-8-14(2)20(12-15)26-23(30)17-6-4-5-7-18(17)25/h4-13H,3H2,1-2H3,(H,26,30)(H,27,28,29). The fourth-order valence-electron chi connectivity index (χ4n) is 3.12. The molecule has 0 saturated heterocycles. The highest BCUT2D eigenvalue weighted by Crippen LogP contribution is 2.30. The Bertz CT molecular complexity index is 1320. The summed E-state index contributed by atoms with van der Waals surface area (Å²) in [6.07, 6.45) is 0. The van der Waals surface area contributed by atoms with Crippen molar-refractivity contribution in [1.29, 1.82) is 0 Å². The molecule has 0 aliphatic carbocycles.